The van der Waals surface area contributed by atoms with Crippen molar-refractivity contribution in [2.24, 2.45) is 0 Å². The molecule has 1 amide bonds. The van der Waals surface area contributed by atoms with Gasteiger partial charge in [-0.3, -0.25) is 9.59 Å². The summed E-state index contributed by atoms with van der Waals surface area (Å²) in [5, 5.41) is 0. The van der Waals surface area contributed by atoms with Crippen LogP contribution in [0.2, 0.25) is 0 Å². The molecule has 2 aromatic rings. The van der Waals surface area contributed by atoms with Crippen LogP contribution < -0.4 is 15.0 Å². The Bertz CT molecular complexity index is 861. The minimum absolute atomic E-state index is 0.0368. The lowest BCUT2D eigenvalue weighted by atomic mass is 10.2. The summed E-state index contributed by atoms with van der Waals surface area (Å²) >= 11 is 0. The zero-order chi connectivity index (χ0) is 17.5. The van der Waals surface area contributed by atoms with Crippen LogP contribution in [-0.2, 0) is 6.54 Å². The standard InChI is InChI=1S/C16H14F2N2O4/c1-19(2)14(21)11-4-3-7-20(15(11)22)9-10-5-6-12-13(8-10)24-16(17,18)23-12/h3-8H,9H2,1-2H3. The molecule has 24 heavy (non-hydrogen) atoms. The number of ether oxygens (including phenoxy) is 2. The second-order valence-electron chi connectivity index (χ2n) is 5.50. The maximum absolute atomic E-state index is 13.0. The van der Waals surface area contributed by atoms with Crippen LogP contribution in [0.4, 0.5) is 8.78 Å². The number of amides is 1. The van der Waals surface area contributed by atoms with Gasteiger partial charge in [-0.1, -0.05) is 6.07 Å². The van der Waals surface area contributed by atoms with E-state index in [0.717, 1.165) is 0 Å². The van der Waals surface area contributed by atoms with Crippen molar-refractivity contribution in [2.45, 2.75) is 12.8 Å². The molecule has 8 heteroatoms. The first kappa shape index (κ1) is 16.0. The molecule has 1 aliphatic heterocycles. The summed E-state index contributed by atoms with van der Waals surface area (Å²) in [6, 6.07) is 7.31. The summed E-state index contributed by atoms with van der Waals surface area (Å²) in [5.41, 5.74) is 0.139. The van der Waals surface area contributed by atoms with E-state index in [0.29, 0.717) is 5.56 Å². The Kier molecular flexibility index (Phi) is 3.75. The molecule has 2 heterocycles. The lowest BCUT2D eigenvalue weighted by Gasteiger charge is -2.12. The van der Waals surface area contributed by atoms with E-state index in [1.54, 1.807) is 26.2 Å². The van der Waals surface area contributed by atoms with Gasteiger partial charge in [0.2, 0.25) is 0 Å². The van der Waals surface area contributed by atoms with Crippen LogP contribution in [0.5, 0.6) is 11.5 Å². The van der Waals surface area contributed by atoms with Crippen LogP contribution in [0.15, 0.2) is 41.3 Å². The molecule has 1 aromatic carbocycles. The molecule has 0 atom stereocenters. The normalized spacial score (nSPS) is 14.5. The van der Waals surface area contributed by atoms with Gasteiger partial charge in [-0.25, -0.2) is 0 Å². The Labute approximate surface area is 135 Å². The molecule has 0 unspecified atom stereocenters. The molecule has 0 bridgehead atoms. The Morgan fingerprint density at radius 1 is 1.21 bits per heavy atom. The van der Waals surface area contributed by atoms with Crippen molar-refractivity contribution in [2.75, 3.05) is 14.1 Å². The van der Waals surface area contributed by atoms with Crippen molar-refractivity contribution < 1.29 is 23.0 Å². The average Bonchev–Trinajstić information content (AvgIpc) is 2.81. The number of aromatic nitrogens is 1. The van der Waals surface area contributed by atoms with Gasteiger partial charge in [0, 0.05) is 20.3 Å². The SMILES string of the molecule is CN(C)C(=O)c1cccn(Cc2ccc3c(c2)OC(F)(F)O3)c1=O. The van der Waals surface area contributed by atoms with Crippen molar-refractivity contribution in [1.82, 2.24) is 9.47 Å². The summed E-state index contributed by atoms with van der Waals surface area (Å²) in [6.07, 6.45) is -2.16. The third kappa shape index (κ3) is 2.94. The molecule has 3 rings (SSSR count). The molecule has 0 saturated carbocycles. The maximum atomic E-state index is 13.0. The van der Waals surface area contributed by atoms with E-state index in [4.69, 9.17) is 0 Å². The van der Waals surface area contributed by atoms with E-state index < -0.39 is 17.8 Å². The summed E-state index contributed by atoms with van der Waals surface area (Å²) in [4.78, 5) is 25.7. The molecule has 0 saturated heterocycles. The van der Waals surface area contributed by atoms with Gasteiger partial charge < -0.3 is 18.9 Å². The maximum Gasteiger partial charge on any atom is 0.586 e. The van der Waals surface area contributed by atoms with E-state index >= 15 is 0 Å². The van der Waals surface area contributed by atoms with Crippen LogP contribution in [0.3, 0.4) is 0 Å². The fraction of sp³-hybridized carbons (Fsp3) is 0.250. The Morgan fingerprint density at radius 2 is 1.92 bits per heavy atom. The van der Waals surface area contributed by atoms with E-state index in [-0.39, 0.29) is 23.6 Å². The molecular formula is C16H14F2N2O4. The summed E-state index contributed by atoms with van der Waals surface area (Å²) in [6.45, 7) is 0.107. The Hall–Kier alpha value is -2.90. The summed E-state index contributed by atoms with van der Waals surface area (Å²) in [5.74, 6) is -0.557. The number of alkyl halides is 2. The third-order valence-electron chi connectivity index (χ3n) is 3.48. The van der Waals surface area contributed by atoms with Gasteiger partial charge >= 0.3 is 6.29 Å². The number of fused-ring (bicyclic) bond motifs is 1. The highest BCUT2D eigenvalue weighted by molar-refractivity contribution is 5.93. The Balaban J connectivity index is 1.90. The van der Waals surface area contributed by atoms with E-state index in [1.807, 2.05) is 0 Å². The number of halogens is 2. The number of hydrogen-bond donors (Lipinski definition) is 0. The van der Waals surface area contributed by atoms with Crippen molar-refractivity contribution >= 4 is 5.91 Å². The van der Waals surface area contributed by atoms with Crippen molar-refractivity contribution in [1.29, 1.82) is 0 Å². The highest BCUT2D eigenvalue weighted by Crippen LogP contribution is 2.41. The summed E-state index contributed by atoms with van der Waals surface area (Å²) < 4.78 is 36.1. The molecule has 1 aliphatic rings. The number of hydrogen-bond acceptors (Lipinski definition) is 4. The van der Waals surface area contributed by atoms with E-state index in [2.05, 4.69) is 9.47 Å². The second kappa shape index (κ2) is 5.63. The first-order valence-electron chi connectivity index (χ1n) is 7.07. The fourth-order valence-electron chi connectivity index (χ4n) is 2.35. The van der Waals surface area contributed by atoms with Crippen molar-refractivity contribution in [3.8, 4) is 11.5 Å². The van der Waals surface area contributed by atoms with Gasteiger partial charge in [-0.15, -0.1) is 8.78 Å². The molecule has 0 aliphatic carbocycles. The fourth-order valence-corrected chi connectivity index (χ4v) is 2.35. The highest BCUT2D eigenvalue weighted by atomic mass is 19.3. The molecule has 0 N–H and O–H groups in total. The van der Waals surface area contributed by atoms with E-state index in [1.165, 1.54) is 33.9 Å². The predicted molar refractivity (Wildman–Crippen MR) is 80.5 cm³/mol. The monoisotopic (exact) mass is 336 g/mol. The first-order chi connectivity index (χ1) is 11.3. The number of nitrogens with zero attached hydrogens (tertiary/aromatic N) is 2. The molecule has 0 fully saturated rings. The smallest absolute Gasteiger partial charge is 0.395 e. The zero-order valence-electron chi connectivity index (χ0n) is 13.0. The average molecular weight is 336 g/mol. The lowest BCUT2D eigenvalue weighted by molar-refractivity contribution is -0.286. The van der Waals surface area contributed by atoms with Crippen molar-refractivity contribution in [3.63, 3.8) is 0 Å². The zero-order valence-corrected chi connectivity index (χ0v) is 13.0. The van der Waals surface area contributed by atoms with E-state index in [9.17, 15) is 18.4 Å². The minimum atomic E-state index is -3.68. The minimum Gasteiger partial charge on any atom is -0.395 e. The van der Waals surface area contributed by atoms with Crippen molar-refractivity contribution in [3.05, 3.63) is 58.0 Å². The van der Waals surface area contributed by atoms with Gasteiger partial charge in [0.25, 0.3) is 11.5 Å². The van der Waals surface area contributed by atoms with Gasteiger partial charge in [-0.2, -0.15) is 0 Å². The molecule has 0 radical (unpaired) electrons. The van der Waals surface area contributed by atoms with Crippen LogP contribution in [0, 0.1) is 0 Å². The number of benzene rings is 1. The topological polar surface area (TPSA) is 60.8 Å². The number of carbonyl (C=O) groups is 1. The third-order valence-corrected chi connectivity index (χ3v) is 3.48. The predicted octanol–water partition coefficient (Wildman–Crippen LogP) is 1.92. The quantitative estimate of drug-likeness (QED) is 0.859. The number of pyridine rings is 1. The molecule has 0 spiro atoms. The van der Waals surface area contributed by atoms with Crippen LogP contribution in [-0.4, -0.2) is 35.8 Å². The largest absolute Gasteiger partial charge is 0.586 e. The lowest BCUT2D eigenvalue weighted by Crippen LogP contribution is -2.32. The number of carbonyl (C=O) groups excluding carboxylic acids is 1. The van der Waals surface area contributed by atoms with Crippen LogP contribution >= 0.6 is 0 Å². The van der Waals surface area contributed by atoms with Gasteiger partial charge in [0.15, 0.2) is 11.5 Å². The van der Waals surface area contributed by atoms with Gasteiger partial charge in [0.05, 0.1) is 6.54 Å². The van der Waals surface area contributed by atoms with Crippen LogP contribution in [0.25, 0.3) is 0 Å². The van der Waals surface area contributed by atoms with Gasteiger partial charge in [-0.05, 0) is 29.8 Å². The summed E-state index contributed by atoms with van der Waals surface area (Å²) in [7, 11) is 3.11. The molecular weight excluding hydrogens is 322 g/mol. The van der Waals surface area contributed by atoms with Crippen LogP contribution in [0.1, 0.15) is 15.9 Å². The first-order valence-corrected chi connectivity index (χ1v) is 7.07. The second-order valence-corrected chi connectivity index (χ2v) is 5.50. The number of rotatable bonds is 3. The molecule has 6 nitrogen and oxygen atoms in total. The molecule has 1 aromatic heterocycles. The molecule has 126 valence electrons. The Morgan fingerprint density at radius 3 is 2.62 bits per heavy atom. The van der Waals surface area contributed by atoms with Gasteiger partial charge in [0.1, 0.15) is 5.56 Å². The highest BCUT2D eigenvalue weighted by Gasteiger charge is 2.43.